The van der Waals surface area contributed by atoms with Crippen LogP contribution in [-0.2, 0) is 11.3 Å². The molecule has 146 valence electrons. The van der Waals surface area contributed by atoms with Crippen LogP contribution in [-0.4, -0.2) is 67.4 Å². The number of morpholine rings is 1. The van der Waals surface area contributed by atoms with Crippen LogP contribution in [0.2, 0.25) is 0 Å². The molecule has 27 heavy (non-hydrogen) atoms. The van der Waals surface area contributed by atoms with E-state index in [0.717, 1.165) is 69.2 Å². The number of aromatic nitrogens is 2. The summed E-state index contributed by atoms with van der Waals surface area (Å²) in [6.07, 6.45) is 4.24. The summed E-state index contributed by atoms with van der Waals surface area (Å²) in [6.45, 7) is 8.21. The Hall–Kier alpha value is -2.12. The first-order valence-corrected chi connectivity index (χ1v) is 9.85. The predicted octanol–water partition coefficient (Wildman–Crippen LogP) is 2.32. The van der Waals surface area contributed by atoms with Gasteiger partial charge in [0.2, 0.25) is 5.95 Å². The van der Waals surface area contributed by atoms with Crippen LogP contribution in [0.1, 0.15) is 24.4 Å². The minimum Gasteiger partial charge on any atom is -0.465 e. The van der Waals surface area contributed by atoms with Gasteiger partial charge < -0.3 is 19.0 Å². The first-order valence-electron chi connectivity index (χ1n) is 9.85. The van der Waals surface area contributed by atoms with E-state index in [4.69, 9.17) is 14.1 Å². The van der Waals surface area contributed by atoms with Gasteiger partial charge in [0.25, 0.3) is 0 Å². The molecule has 2 aromatic rings. The van der Waals surface area contributed by atoms with Crippen molar-refractivity contribution in [2.45, 2.75) is 32.4 Å². The van der Waals surface area contributed by atoms with Gasteiger partial charge in [0.05, 0.1) is 19.8 Å². The van der Waals surface area contributed by atoms with E-state index >= 15 is 0 Å². The summed E-state index contributed by atoms with van der Waals surface area (Å²) < 4.78 is 11.2. The Morgan fingerprint density at radius 3 is 2.81 bits per heavy atom. The molecule has 4 heterocycles. The van der Waals surface area contributed by atoms with E-state index in [-0.39, 0.29) is 0 Å². The fourth-order valence-corrected chi connectivity index (χ4v) is 3.92. The summed E-state index contributed by atoms with van der Waals surface area (Å²) in [5.74, 6) is 3.83. The second kappa shape index (κ2) is 8.27. The fourth-order valence-electron chi connectivity index (χ4n) is 3.92. The summed E-state index contributed by atoms with van der Waals surface area (Å²) in [5, 5.41) is 0. The van der Waals surface area contributed by atoms with Crippen LogP contribution in [0.4, 0.5) is 11.8 Å². The quantitative estimate of drug-likeness (QED) is 0.799. The number of nitrogens with zero attached hydrogens (tertiary/aromatic N) is 5. The van der Waals surface area contributed by atoms with Crippen molar-refractivity contribution in [2.24, 2.45) is 0 Å². The second-order valence-electron chi connectivity index (χ2n) is 7.47. The number of rotatable bonds is 5. The first kappa shape index (κ1) is 18.3. The van der Waals surface area contributed by atoms with Gasteiger partial charge in [-0.2, -0.15) is 4.98 Å². The maximum absolute atomic E-state index is 5.76. The van der Waals surface area contributed by atoms with E-state index < -0.39 is 0 Å². The van der Waals surface area contributed by atoms with Crippen LogP contribution in [0.15, 0.2) is 28.8 Å². The summed E-state index contributed by atoms with van der Waals surface area (Å²) in [7, 11) is 2.15. The molecule has 0 N–H and O–H groups in total. The van der Waals surface area contributed by atoms with E-state index in [0.29, 0.717) is 6.04 Å². The van der Waals surface area contributed by atoms with Crippen molar-refractivity contribution in [2.75, 3.05) is 56.2 Å². The smallest absolute Gasteiger partial charge is 0.227 e. The van der Waals surface area contributed by atoms with Crippen LogP contribution >= 0.6 is 0 Å². The van der Waals surface area contributed by atoms with Gasteiger partial charge in [0, 0.05) is 38.9 Å². The molecule has 2 aromatic heterocycles. The summed E-state index contributed by atoms with van der Waals surface area (Å²) >= 11 is 0. The van der Waals surface area contributed by atoms with Crippen LogP contribution in [0.25, 0.3) is 0 Å². The maximum Gasteiger partial charge on any atom is 0.227 e. The molecule has 2 aliphatic rings. The van der Waals surface area contributed by atoms with Crippen molar-refractivity contribution >= 4 is 11.8 Å². The Kier molecular flexibility index (Phi) is 5.59. The van der Waals surface area contributed by atoms with Crippen molar-refractivity contribution in [3.63, 3.8) is 0 Å². The topological polar surface area (TPSA) is 57.9 Å². The number of likely N-dealkylation sites (tertiary alicyclic amines) is 1. The molecule has 0 radical (unpaired) electrons. The van der Waals surface area contributed by atoms with Gasteiger partial charge in [0.15, 0.2) is 0 Å². The zero-order valence-corrected chi connectivity index (χ0v) is 16.3. The minimum atomic E-state index is 0.447. The highest BCUT2D eigenvalue weighted by Crippen LogP contribution is 2.23. The summed E-state index contributed by atoms with van der Waals surface area (Å²) in [4.78, 5) is 16.3. The van der Waals surface area contributed by atoms with Crippen LogP contribution in [0.5, 0.6) is 0 Å². The van der Waals surface area contributed by atoms with E-state index in [1.54, 1.807) is 0 Å². The third-order valence-corrected chi connectivity index (χ3v) is 5.49. The molecule has 4 rings (SSSR count). The van der Waals surface area contributed by atoms with E-state index in [9.17, 15) is 0 Å². The number of likely N-dealkylation sites (N-methyl/N-ethyl adjacent to an activating group) is 1. The Bertz CT molecular complexity index is 743. The van der Waals surface area contributed by atoms with E-state index in [1.165, 1.54) is 12.8 Å². The van der Waals surface area contributed by atoms with Crippen LogP contribution < -0.4 is 9.80 Å². The molecule has 0 saturated carbocycles. The molecule has 0 amide bonds. The van der Waals surface area contributed by atoms with Crippen molar-refractivity contribution in [3.05, 3.63) is 35.9 Å². The van der Waals surface area contributed by atoms with Crippen molar-refractivity contribution in [1.29, 1.82) is 0 Å². The number of piperidine rings is 1. The van der Waals surface area contributed by atoms with Crippen molar-refractivity contribution < 1.29 is 9.15 Å². The van der Waals surface area contributed by atoms with E-state index in [1.807, 2.05) is 25.3 Å². The highest BCUT2D eigenvalue weighted by Gasteiger charge is 2.25. The molecule has 2 fully saturated rings. The predicted molar refractivity (Wildman–Crippen MR) is 105 cm³/mol. The largest absolute Gasteiger partial charge is 0.465 e. The molecule has 7 heteroatoms. The van der Waals surface area contributed by atoms with Gasteiger partial charge in [-0.1, -0.05) is 0 Å². The number of anilines is 2. The number of hydrogen-bond donors (Lipinski definition) is 0. The van der Waals surface area contributed by atoms with Crippen molar-refractivity contribution in [3.8, 4) is 0 Å². The first-order chi connectivity index (χ1) is 13.2. The van der Waals surface area contributed by atoms with Gasteiger partial charge >= 0.3 is 0 Å². The average molecular weight is 371 g/mol. The molecule has 2 aliphatic heterocycles. The van der Waals surface area contributed by atoms with Crippen LogP contribution in [0, 0.1) is 6.92 Å². The molecule has 0 aromatic carbocycles. The Balaban J connectivity index is 1.41. The number of furan rings is 1. The standard InChI is InChI=1S/C20H29N5O2/c1-16-5-6-18(27-16)15-24-9-3-4-17(14-24)23(2)19-7-8-21-20(22-19)25-10-12-26-13-11-25/h5-8,17H,3-4,9-15H2,1-2H3. The Labute approximate surface area is 160 Å². The highest BCUT2D eigenvalue weighted by atomic mass is 16.5. The Morgan fingerprint density at radius 2 is 2.04 bits per heavy atom. The highest BCUT2D eigenvalue weighted by molar-refractivity contribution is 5.44. The number of ether oxygens (including phenoxy) is 1. The second-order valence-corrected chi connectivity index (χ2v) is 7.47. The SMILES string of the molecule is Cc1ccc(CN2CCCC(N(C)c3ccnc(N4CCOCC4)n3)C2)o1. The lowest BCUT2D eigenvalue weighted by Crippen LogP contribution is -2.46. The molecule has 1 atom stereocenters. The van der Waals surface area contributed by atoms with Gasteiger partial charge in [-0.15, -0.1) is 0 Å². The maximum atomic E-state index is 5.76. The Morgan fingerprint density at radius 1 is 1.19 bits per heavy atom. The summed E-state index contributed by atoms with van der Waals surface area (Å²) in [5.41, 5.74) is 0. The lowest BCUT2D eigenvalue weighted by molar-refractivity contribution is 0.122. The van der Waals surface area contributed by atoms with Gasteiger partial charge in [-0.25, -0.2) is 4.98 Å². The lowest BCUT2D eigenvalue weighted by atomic mass is 10.0. The molecule has 2 saturated heterocycles. The van der Waals surface area contributed by atoms with Crippen LogP contribution in [0.3, 0.4) is 0 Å². The average Bonchev–Trinajstić information content (AvgIpc) is 3.13. The molecule has 0 spiro atoms. The normalized spacial score (nSPS) is 21.4. The lowest BCUT2D eigenvalue weighted by Gasteiger charge is -2.38. The fraction of sp³-hybridized carbons (Fsp3) is 0.600. The number of aryl methyl sites for hydroxylation is 1. The zero-order valence-electron chi connectivity index (χ0n) is 16.3. The van der Waals surface area contributed by atoms with Gasteiger partial charge in [0.1, 0.15) is 17.3 Å². The molecular formula is C20H29N5O2. The molecule has 0 aliphatic carbocycles. The zero-order chi connectivity index (χ0) is 18.6. The van der Waals surface area contributed by atoms with Gasteiger partial charge in [-0.3, -0.25) is 4.90 Å². The molecule has 0 bridgehead atoms. The summed E-state index contributed by atoms with van der Waals surface area (Å²) in [6, 6.07) is 6.58. The number of hydrogen-bond acceptors (Lipinski definition) is 7. The monoisotopic (exact) mass is 371 g/mol. The molecule has 1 unspecified atom stereocenters. The third-order valence-electron chi connectivity index (χ3n) is 5.49. The molecule has 7 nitrogen and oxygen atoms in total. The minimum absolute atomic E-state index is 0.447. The third kappa shape index (κ3) is 4.42. The molecular weight excluding hydrogens is 342 g/mol. The van der Waals surface area contributed by atoms with Gasteiger partial charge in [-0.05, 0) is 44.5 Å². The van der Waals surface area contributed by atoms with E-state index in [2.05, 4.69) is 32.8 Å². The van der Waals surface area contributed by atoms with Crippen molar-refractivity contribution in [1.82, 2.24) is 14.9 Å².